The second-order valence-corrected chi connectivity index (χ2v) is 7.34. The second kappa shape index (κ2) is 5.61. The summed E-state index contributed by atoms with van der Waals surface area (Å²) >= 11 is 0. The van der Waals surface area contributed by atoms with E-state index in [9.17, 15) is 22.4 Å². The van der Waals surface area contributed by atoms with E-state index in [1.165, 1.54) is 18.2 Å². The van der Waals surface area contributed by atoms with Crippen LogP contribution in [0.3, 0.4) is 0 Å². The van der Waals surface area contributed by atoms with Gasteiger partial charge in [-0.1, -0.05) is 6.07 Å². The molecule has 0 aromatic heterocycles. The van der Waals surface area contributed by atoms with Crippen molar-refractivity contribution in [2.45, 2.75) is 11.7 Å². The molecule has 9 heteroatoms. The number of anilines is 1. The Bertz CT molecular complexity index is 706. The number of amides is 1. The van der Waals surface area contributed by atoms with E-state index < -0.39 is 32.0 Å². The van der Waals surface area contributed by atoms with Gasteiger partial charge in [-0.25, -0.2) is 17.6 Å². The average Bonchev–Trinajstić information content (AvgIpc) is 2.80. The van der Waals surface area contributed by atoms with E-state index in [0.29, 0.717) is 0 Å². The second-order valence-electron chi connectivity index (χ2n) is 4.44. The van der Waals surface area contributed by atoms with Crippen molar-refractivity contribution in [3.63, 3.8) is 0 Å². The monoisotopic (exact) mass is 335 g/mol. The lowest BCUT2D eigenvalue weighted by Crippen LogP contribution is -2.28. The lowest BCUT2D eigenvalue weighted by atomic mass is 10.1. The number of ether oxygens (including phenoxy) is 1. The van der Waals surface area contributed by atoms with Gasteiger partial charge in [0.25, 0.3) is 0 Å². The number of rotatable bonds is 3. The average molecular weight is 336 g/mol. The van der Waals surface area contributed by atoms with E-state index in [0.717, 1.165) is 12.0 Å². The number of hydrogen-bond acceptors (Lipinski definition) is 5. The van der Waals surface area contributed by atoms with E-state index in [1.807, 2.05) is 0 Å². The van der Waals surface area contributed by atoms with Gasteiger partial charge >= 0.3 is 5.97 Å². The summed E-state index contributed by atoms with van der Waals surface area (Å²) in [5.41, 5.74) is -0.509. The van der Waals surface area contributed by atoms with Gasteiger partial charge < -0.3 is 9.64 Å². The lowest BCUT2D eigenvalue weighted by Gasteiger charge is -2.18. The van der Waals surface area contributed by atoms with Gasteiger partial charge in [-0.05, 0) is 12.1 Å². The molecule has 1 saturated heterocycles. The summed E-state index contributed by atoms with van der Waals surface area (Å²) in [5.74, 6) is -2.40. The molecule has 0 bridgehead atoms. The highest BCUT2D eigenvalue weighted by Crippen LogP contribution is 2.30. The number of halogens is 2. The van der Waals surface area contributed by atoms with Crippen LogP contribution in [0.5, 0.6) is 0 Å². The van der Waals surface area contributed by atoms with Gasteiger partial charge in [0.1, 0.15) is 5.25 Å². The van der Waals surface area contributed by atoms with Crippen molar-refractivity contribution < 1.29 is 27.1 Å². The third kappa shape index (κ3) is 3.01. The molecule has 1 heterocycles. The number of carbonyl (C=O) groups excluding carboxylic acids is 2. The normalized spacial score (nSPS) is 18.9. The summed E-state index contributed by atoms with van der Waals surface area (Å²) in [7, 11) is 2.40. The SMILES string of the molecule is COC(=O)c1cccc(N2CC(S(=O)(=O)Cl)CC2=O)c1F. The van der Waals surface area contributed by atoms with Crippen molar-refractivity contribution in [1.82, 2.24) is 0 Å². The Labute approximate surface area is 124 Å². The maximum atomic E-state index is 14.3. The fourth-order valence-electron chi connectivity index (χ4n) is 2.09. The molecule has 1 amide bonds. The number of esters is 1. The quantitative estimate of drug-likeness (QED) is 0.614. The smallest absolute Gasteiger partial charge is 0.340 e. The Hall–Kier alpha value is -1.67. The minimum Gasteiger partial charge on any atom is -0.465 e. The van der Waals surface area contributed by atoms with Crippen LogP contribution in [0.1, 0.15) is 16.8 Å². The highest BCUT2D eigenvalue weighted by molar-refractivity contribution is 8.14. The van der Waals surface area contributed by atoms with Crippen LogP contribution in [0.2, 0.25) is 0 Å². The highest BCUT2D eigenvalue weighted by atomic mass is 35.7. The highest BCUT2D eigenvalue weighted by Gasteiger charge is 2.39. The molecule has 0 radical (unpaired) electrons. The summed E-state index contributed by atoms with van der Waals surface area (Å²) in [6.07, 6.45) is -0.326. The topological polar surface area (TPSA) is 80.8 Å². The molecule has 1 aromatic rings. The first-order valence-corrected chi connectivity index (χ1v) is 8.23. The van der Waals surface area contributed by atoms with Crippen LogP contribution in [0.25, 0.3) is 0 Å². The van der Waals surface area contributed by atoms with Crippen molar-refractivity contribution in [1.29, 1.82) is 0 Å². The summed E-state index contributed by atoms with van der Waals surface area (Å²) in [6, 6.07) is 3.87. The van der Waals surface area contributed by atoms with Crippen LogP contribution in [-0.4, -0.2) is 39.2 Å². The summed E-state index contributed by atoms with van der Waals surface area (Å²) in [5, 5.41) is -1.10. The summed E-state index contributed by atoms with van der Waals surface area (Å²) < 4.78 is 41.3. The maximum Gasteiger partial charge on any atom is 0.340 e. The number of nitrogens with zero attached hydrogens (tertiary/aromatic N) is 1. The van der Waals surface area contributed by atoms with Gasteiger partial charge in [0.05, 0.1) is 18.4 Å². The first-order chi connectivity index (χ1) is 9.75. The van der Waals surface area contributed by atoms with Crippen molar-refractivity contribution >= 4 is 37.3 Å². The Kier molecular flexibility index (Phi) is 4.20. The van der Waals surface area contributed by atoms with E-state index in [4.69, 9.17) is 10.7 Å². The van der Waals surface area contributed by atoms with Crippen LogP contribution in [0, 0.1) is 5.82 Å². The standard InChI is InChI=1S/C12H11ClFNO5S/c1-20-12(17)8-3-2-4-9(11(8)14)15-6-7(5-10(15)16)21(13,18)19/h2-4,7H,5-6H2,1H3. The Morgan fingerprint density at radius 3 is 2.67 bits per heavy atom. The number of carbonyl (C=O) groups is 2. The van der Waals surface area contributed by atoms with E-state index in [2.05, 4.69) is 4.74 Å². The van der Waals surface area contributed by atoms with Crippen LogP contribution in [0.4, 0.5) is 10.1 Å². The van der Waals surface area contributed by atoms with Gasteiger partial charge in [0.15, 0.2) is 5.82 Å². The fraction of sp³-hybridized carbons (Fsp3) is 0.333. The van der Waals surface area contributed by atoms with Crippen molar-refractivity contribution in [2.75, 3.05) is 18.6 Å². The number of methoxy groups -OCH3 is 1. The zero-order valence-corrected chi connectivity index (χ0v) is 12.4. The fourth-order valence-corrected chi connectivity index (χ4v) is 3.12. The third-order valence-electron chi connectivity index (χ3n) is 3.16. The van der Waals surface area contributed by atoms with Crippen LogP contribution in [-0.2, 0) is 18.6 Å². The summed E-state index contributed by atoms with van der Waals surface area (Å²) in [6.45, 7) is -0.258. The largest absolute Gasteiger partial charge is 0.465 e. The van der Waals surface area contributed by atoms with E-state index in [1.54, 1.807) is 0 Å². The molecule has 0 saturated carbocycles. The molecule has 2 rings (SSSR count). The van der Waals surface area contributed by atoms with Crippen LogP contribution >= 0.6 is 10.7 Å². The van der Waals surface area contributed by atoms with Crippen LogP contribution in [0.15, 0.2) is 18.2 Å². The molecule has 6 nitrogen and oxygen atoms in total. The molecule has 1 atom stereocenters. The zero-order chi connectivity index (χ0) is 15.8. The first-order valence-electron chi connectivity index (χ1n) is 5.86. The molecule has 0 spiro atoms. The van der Waals surface area contributed by atoms with Gasteiger partial charge in [0, 0.05) is 23.6 Å². The van der Waals surface area contributed by atoms with E-state index >= 15 is 0 Å². The van der Waals surface area contributed by atoms with Crippen molar-refractivity contribution in [2.24, 2.45) is 0 Å². The molecule has 1 aliphatic rings. The predicted molar refractivity (Wildman–Crippen MR) is 73.3 cm³/mol. The number of benzene rings is 1. The first kappa shape index (κ1) is 15.7. The van der Waals surface area contributed by atoms with Crippen LogP contribution < -0.4 is 4.90 Å². The lowest BCUT2D eigenvalue weighted by molar-refractivity contribution is -0.117. The van der Waals surface area contributed by atoms with Gasteiger partial charge in [0.2, 0.25) is 15.0 Å². The molecule has 21 heavy (non-hydrogen) atoms. The maximum absolute atomic E-state index is 14.3. The number of hydrogen-bond donors (Lipinski definition) is 0. The molecular weight excluding hydrogens is 325 g/mol. The zero-order valence-electron chi connectivity index (χ0n) is 10.9. The Morgan fingerprint density at radius 1 is 1.48 bits per heavy atom. The molecule has 1 aliphatic heterocycles. The minimum atomic E-state index is -3.92. The predicted octanol–water partition coefficient (Wildman–Crippen LogP) is 1.29. The molecule has 1 unspecified atom stereocenters. The van der Waals surface area contributed by atoms with E-state index in [-0.39, 0.29) is 24.2 Å². The van der Waals surface area contributed by atoms with Gasteiger partial charge in [-0.3, -0.25) is 4.79 Å². The molecular formula is C12H11ClFNO5S. The summed E-state index contributed by atoms with van der Waals surface area (Å²) in [4.78, 5) is 24.2. The van der Waals surface area contributed by atoms with Gasteiger partial charge in [-0.2, -0.15) is 0 Å². The molecule has 0 aliphatic carbocycles. The molecule has 1 fully saturated rings. The molecule has 114 valence electrons. The third-order valence-corrected chi connectivity index (χ3v) is 5.03. The molecule has 1 aromatic carbocycles. The molecule has 0 N–H and O–H groups in total. The Morgan fingerprint density at radius 2 is 2.14 bits per heavy atom. The van der Waals surface area contributed by atoms with Crippen molar-refractivity contribution in [3.05, 3.63) is 29.6 Å². The Balaban J connectivity index is 2.40. The minimum absolute atomic E-state index is 0.175. The van der Waals surface area contributed by atoms with Crippen molar-refractivity contribution in [3.8, 4) is 0 Å². The van der Waals surface area contributed by atoms with Gasteiger partial charge in [-0.15, -0.1) is 0 Å².